The van der Waals surface area contributed by atoms with E-state index < -0.39 is 29.5 Å². The van der Waals surface area contributed by atoms with E-state index >= 15 is 0 Å². The first-order chi connectivity index (χ1) is 8.86. The first-order valence-electron chi connectivity index (χ1n) is 5.73. The molecule has 2 nitrogen and oxygen atoms in total. The van der Waals surface area contributed by atoms with Gasteiger partial charge in [-0.3, -0.25) is 0 Å². The normalized spacial score (nSPS) is 30.4. The standard InChI is InChI=1S/C14H14F3NO/c1-8(15)12-13(17)14(3,18-9(2)19-12)10-6-4-5-7-11(10)16/h4-7,12-13,18H,1-2H2,3H3/t12-,13+,14-/m1/s1. The molecule has 1 saturated heterocycles. The highest BCUT2D eigenvalue weighted by atomic mass is 19.1. The third-order valence-electron chi connectivity index (χ3n) is 3.23. The minimum absolute atomic E-state index is 0.0246. The van der Waals surface area contributed by atoms with Gasteiger partial charge < -0.3 is 10.1 Å². The Labute approximate surface area is 109 Å². The second-order valence-electron chi connectivity index (χ2n) is 4.62. The average Bonchev–Trinajstić information content (AvgIpc) is 2.34. The summed E-state index contributed by atoms with van der Waals surface area (Å²) in [6.07, 6.45) is -3.34. The van der Waals surface area contributed by atoms with Gasteiger partial charge >= 0.3 is 0 Å². The van der Waals surface area contributed by atoms with Crippen molar-refractivity contribution >= 4 is 0 Å². The molecule has 19 heavy (non-hydrogen) atoms. The van der Waals surface area contributed by atoms with E-state index in [0.717, 1.165) is 0 Å². The van der Waals surface area contributed by atoms with Gasteiger partial charge in [0.05, 0.1) is 0 Å². The van der Waals surface area contributed by atoms with Gasteiger partial charge in [-0.1, -0.05) is 24.8 Å². The van der Waals surface area contributed by atoms with Crippen LogP contribution in [-0.2, 0) is 10.3 Å². The highest BCUT2D eigenvalue weighted by Gasteiger charge is 2.49. The summed E-state index contributed by atoms with van der Waals surface area (Å²) in [6.45, 7) is 7.98. The van der Waals surface area contributed by atoms with Crippen LogP contribution in [-0.4, -0.2) is 12.3 Å². The molecule has 0 unspecified atom stereocenters. The Balaban J connectivity index is 2.49. The van der Waals surface area contributed by atoms with Crippen molar-refractivity contribution in [2.75, 3.05) is 0 Å². The first-order valence-corrected chi connectivity index (χ1v) is 5.73. The number of benzene rings is 1. The molecule has 0 radical (unpaired) electrons. The quantitative estimate of drug-likeness (QED) is 0.889. The summed E-state index contributed by atoms with van der Waals surface area (Å²) in [5.74, 6) is -1.57. The van der Waals surface area contributed by atoms with E-state index in [1.54, 1.807) is 6.07 Å². The summed E-state index contributed by atoms with van der Waals surface area (Å²) in [5, 5.41) is 2.64. The number of ether oxygens (including phenoxy) is 1. The predicted octanol–water partition coefficient (Wildman–Crippen LogP) is 3.32. The minimum atomic E-state index is -1.84. The molecule has 0 aliphatic carbocycles. The van der Waals surface area contributed by atoms with Crippen molar-refractivity contribution in [2.45, 2.75) is 24.7 Å². The fraction of sp³-hybridized carbons (Fsp3) is 0.286. The third-order valence-corrected chi connectivity index (χ3v) is 3.23. The molecule has 1 aliphatic rings. The second-order valence-corrected chi connectivity index (χ2v) is 4.62. The molecule has 1 N–H and O–H groups in total. The van der Waals surface area contributed by atoms with Gasteiger partial charge in [-0.15, -0.1) is 0 Å². The molecule has 1 fully saturated rings. The fourth-order valence-corrected chi connectivity index (χ4v) is 2.22. The molecule has 0 spiro atoms. The third kappa shape index (κ3) is 2.20. The SMILES string of the molecule is C=C1N[C@](C)(c2ccccc2F)[C@@H](F)[C@@H](C(=C)F)O1. The first kappa shape index (κ1) is 13.5. The molecule has 0 saturated carbocycles. The smallest absolute Gasteiger partial charge is 0.184 e. The van der Waals surface area contributed by atoms with E-state index in [0.29, 0.717) is 0 Å². The van der Waals surface area contributed by atoms with Crippen molar-refractivity contribution in [3.63, 3.8) is 0 Å². The van der Waals surface area contributed by atoms with Crippen LogP contribution in [0.4, 0.5) is 13.2 Å². The van der Waals surface area contributed by atoms with Crippen LogP contribution in [0.5, 0.6) is 0 Å². The van der Waals surface area contributed by atoms with E-state index in [-0.39, 0.29) is 11.4 Å². The number of alkyl halides is 1. The maximum absolute atomic E-state index is 14.5. The lowest BCUT2D eigenvalue weighted by molar-refractivity contribution is -0.0468. The lowest BCUT2D eigenvalue weighted by Crippen LogP contribution is -2.57. The topological polar surface area (TPSA) is 21.3 Å². The highest BCUT2D eigenvalue weighted by Crippen LogP contribution is 2.38. The van der Waals surface area contributed by atoms with Crippen LogP contribution in [0.2, 0.25) is 0 Å². The van der Waals surface area contributed by atoms with Crippen LogP contribution >= 0.6 is 0 Å². The van der Waals surface area contributed by atoms with Crippen LogP contribution in [0, 0.1) is 5.82 Å². The molecule has 0 aromatic heterocycles. The number of nitrogens with one attached hydrogen (secondary N) is 1. The van der Waals surface area contributed by atoms with Crippen molar-refractivity contribution < 1.29 is 17.9 Å². The molecule has 1 aliphatic heterocycles. The van der Waals surface area contributed by atoms with E-state index in [2.05, 4.69) is 18.5 Å². The molecule has 2 rings (SSSR count). The molecule has 1 aromatic rings. The summed E-state index contributed by atoms with van der Waals surface area (Å²) in [4.78, 5) is 0. The van der Waals surface area contributed by atoms with Crippen LogP contribution in [0.3, 0.4) is 0 Å². The molecular weight excluding hydrogens is 255 g/mol. The van der Waals surface area contributed by atoms with E-state index in [1.807, 2.05) is 0 Å². The average molecular weight is 269 g/mol. The molecule has 3 atom stereocenters. The Bertz CT molecular complexity index is 531. The number of hydrogen-bond donors (Lipinski definition) is 1. The fourth-order valence-electron chi connectivity index (χ4n) is 2.22. The van der Waals surface area contributed by atoms with Gasteiger partial charge in [0.1, 0.15) is 17.2 Å². The molecule has 1 aromatic carbocycles. The second kappa shape index (κ2) is 4.64. The Morgan fingerprint density at radius 1 is 1.42 bits per heavy atom. The van der Waals surface area contributed by atoms with Gasteiger partial charge in [-0.25, -0.2) is 13.2 Å². The monoisotopic (exact) mass is 269 g/mol. The summed E-state index contributed by atoms with van der Waals surface area (Å²) < 4.78 is 46.5. The van der Waals surface area contributed by atoms with E-state index in [9.17, 15) is 13.2 Å². The Hall–Kier alpha value is -1.91. The van der Waals surface area contributed by atoms with Crippen molar-refractivity contribution in [3.8, 4) is 0 Å². The van der Waals surface area contributed by atoms with E-state index in [4.69, 9.17) is 4.74 Å². The molecule has 0 bridgehead atoms. The van der Waals surface area contributed by atoms with Crippen LogP contribution in [0.1, 0.15) is 12.5 Å². The number of hydrogen-bond acceptors (Lipinski definition) is 2. The van der Waals surface area contributed by atoms with Crippen LogP contribution in [0.25, 0.3) is 0 Å². The molecule has 102 valence electrons. The molecule has 5 heteroatoms. The Kier molecular flexibility index (Phi) is 3.30. The summed E-state index contributed by atoms with van der Waals surface area (Å²) in [5.41, 5.74) is -1.39. The Morgan fingerprint density at radius 3 is 2.63 bits per heavy atom. The number of halogens is 3. The van der Waals surface area contributed by atoms with Crippen molar-refractivity contribution in [2.24, 2.45) is 0 Å². The zero-order valence-corrected chi connectivity index (χ0v) is 10.4. The number of rotatable bonds is 2. The summed E-state index contributed by atoms with van der Waals surface area (Å²) in [7, 11) is 0. The summed E-state index contributed by atoms with van der Waals surface area (Å²) in [6, 6.07) is 5.72. The minimum Gasteiger partial charge on any atom is -0.466 e. The maximum atomic E-state index is 14.5. The van der Waals surface area contributed by atoms with Gasteiger partial charge in [0.25, 0.3) is 0 Å². The van der Waals surface area contributed by atoms with Gasteiger partial charge in [0.2, 0.25) is 0 Å². The van der Waals surface area contributed by atoms with Crippen LogP contribution in [0.15, 0.2) is 49.1 Å². The highest BCUT2D eigenvalue weighted by molar-refractivity contribution is 5.31. The molecule has 0 amide bonds. The van der Waals surface area contributed by atoms with Gasteiger partial charge in [0, 0.05) is 5.56 Å². The maximum Gasteiger partial charge on any atom is 0.184 e. The van der Waals surface area contributed by atoms with Crippen molar-refractivity contribution in [1.82, 2.24) is 5.32 Å². The van der Waals surface area contributed by atoms with E-state index in [1.165, 1.54) is 25.1 Å². The largest absolute Gasteiger partial charge is 0.466 e. The summed E-state index contributed by atoms with van der Waals surface area (Å²) >= 11 is 0. The molecule has 1 heterocycles. The van der Waals surface area contributed by atoms with Crippen molar-refractivity contribution in [1.29, 1.82) is 0 Å². The van der Waals surface area contributed by atoms with Gasteiger partial charge in [0.15, 0.2) is 18.2 Å². The Morgan fingerprint density at radius 2 is 2.05 bits per heavy atom. The van der Waals surface area contributed by atoms with Gasteiger partial charge in [-0.2, -0.15) is 0 Å². The lowest BCUT2D eigenvalue weighted by atomic mass is 9.83. The zero-order chi connectivity index (χ0) is 14.2. The lowest BCUT2D eigenvalue weighted by Gasteiger charge is -2.43. The van der Waals surface area contributed by atoms with Crippen molar-refractivity contribution in [3.05, 3.63) is 60.5 Å². The predicted molar refractivity (Wildman–Crippen MR) is 66.0 cm³/mol. The molecular formula is C14H14F3NO. The van der Waals surface area contributed by atoms with Crippen LogP contribution < -0.4 is 5.32 Å². The van der Waals surface area contributed by atoms with Gasteiger partial charge in [-0.05, 0) is 19.6 Å². The zero-order valence-electron chi connectivity index (χ0n) is 10.4.